The van der Waals surface area contributed by atoms with E-state index in [-0.39, 0.29) is 11.7 Å². The smallest absolute Gasteiger partial charge is 0.252 e. The number of aryl methyl sites for hydroxylation is 1. The molecule has 1 aromatic heterocycles. The average molecular weight is 441 g/mol. The Kier molecular flexibility index (Phi) is 5.69. The van der Waals surface area contributed by atoms with E-state index in [1.807, 2.05) is 42.1 Å². The molecular formula is C22H24N4O4S. The summed E-state index contributed by atoms with van der Waals surface area (Å²) >= 11 is 0. The fourth-order valence-corrected chi connectivity index (χ4v) is 5.33. The summed E-state index contributed by atoms with van der Waals surface area (Å²) in [6, 6.07) is 13.5. The van der Waals surface area contributed by atoms with Crippen LogP contribution in [0.4, 0.5) is 5.69 Å². The maximum atomic E-state index is 13.1. The number of hydrogen-bond donors (Lipinski definition) is 1. The van der Waals surface area contributed by atoms with E-state index in [1.165, 1.54) is 4.31 Å². The van der Waals surface area contributed by atoms with E-state index >= 15 is 0 Å². The van der Waals surface area contributed by atoms with Gasteiger partial charge < -0.3 is 14.6 Å². The molecule has 0 spiro atoms. The van der Waals surface area contributed by atoms with Crippen molar-refractivity contribution < 1.29 is 17.9 Å². The third-order valence-corrected chi connectivity index (χ3v) is 7.23. The SMILES string of the molecule is COc1ccccc1[C@H](NC(=O)c1ccc(N2CCCS2(=O)=O)cc1)c1nccn1C. The molecule has 1 saturated heterocycles. The zero-order chi connectivity index (χ0) is 22.0. The van der Waals surface area contributed by atoms with Gasteiger partial charge in [-0.15, -0.1) is 0 Å². The molecule has 2 aromatic carbocycles. The second-order valence-corrected chi connectivity index (χ2v) is 9.35. The van der Waals surface area contributed by atoms with E-state index in [2.05, 4.69) is 10.3 Å². The first kappa shape index (κ1) is 20.9. The molecule has 162 valence electrons. The molecule has 0 aliphatic carbocycles. The van der Waals surface area contributed by atoms with Crippen molar-refractivity contribution in [3.63, 3.8) is 0 Å². The molecule has 1 aliphatic heterocycles. The molecule has 1 atom stereocenters. The number of nitrogens with zero attached hydrogens (tertiary/aromatic N) is 3. The lowest BCUT2D eigenvalue weighted by Crippen LogP contribution is -2.31. The maximum Gasteiger partial charge on any atom is 0.252 e. The van der Waals surface area contributed by atoms with E-state index in [9.17, 15) is 13.2 Å². The Hall–Kier alpha value is -3.33. The van der Waals surface area contributed by atoms with Gasteiger partial charge in [0.2, 0.25) is 10.0 Å². The summed E-state index contributed by atoms with van der Waals surface area (Å²) in [5.74, 6) is 1.16. The number of rotatable bonds is 6. The van der Waals surface area contributed by atoms with Gasteiger partial charge in [-0.1, -0.05) is 18.2 Å². The first-order valence-electron chi connectivity index (χ1n) is 9.92. The zero-order valence-corrected chi connectivity index (χ0v) is 18.2. The van der Waals surface area contributed by atoms with Crippen molar-refractivity contribution in [1.29, 1.82) is 0 Å². The van der Waals surface area contributed by atoms with Crippen LogP contribution in [0, 0.1) is 0 Å². The summed E-state index contributed by atoms with van der Waals surface area (Å²) in [6.07, 6.45) is 4.10. The van der Waals surface area contributed by atoms with Crippen molar-refractivity contribution in [2.45, 2.75) is 12.5 Å². The van der Waals surface area contributed by atoms with Gasteiger partial charge in [0.25, 0.3) is 5.91 Å². The van der Waals surface area contributed by atoms with E-state index < -0.39 is 16.1 Å². The van der Waals surface area contributed by atoms with Crippen molar-refractivity contribution in [2.75, 3.05) is 23.7 Å². The molecule has 0 radical (unpaired) electrons. The highest BCUT2D eigenvalue weighted by atomic mass is 32.2. The lowest BCUT2D eigenvalue weighted by molar-refractivity contribution is 0.0941. The molecule has 1 fully saturated rings. The minimum atomic E-state index is -3.26. The molecule has 9 heteroatoms. The third kappa shape index (κ3) is 4.13. The minimum Gasteiger partial charge on any atom is -0.496 e. The van der Waals surface area contributed by atoms with Crippen LogP contribution >= 0.6 is 0 Å². The van der Waals surface area contributed by atoms with Gasteiger partial charge in [-0.3, -0.25) is 9.10 Å². The lowest BCUT2D eigenvalue weighted by atomic mass is 10.0. The number of carbonyl (C=O) groups is 1. The first-order chi connectivity index (χ1) is 14.9. The van der Waals surface area contributed by atoms with E-state index in [1.54, 1.807) is 37.6 Å². The van der Waals surface area contributed by atoms with Gasteiger partial charge in [0, 0.05) is 37.1 Å². The van der Waals surface area contributed by atoms with Gasteiger partial charge in [-0.05, 0) is 36.8 Å². The Morgan fingerprint density at radius 2 is 1.90 bits per heavy atom. The van der Waals surface area contributed by atoms with Crippen LogP contribution in [0.15, 0.2) is 60.9 Å². The van der Waals surface area contributed by atoms with E-state index in [0.29, 0.717) is 35.8 Å². The van der Waals surface area contributed by atoms with Crippen LogP contribution in [-0.2, 0) is 17.1 Å². The minimum absolute atomic E-state index is 0.152. The molecule has 1 N–H and O–H groups in total. The predicted molar refractivity (Wildman–Crippen MR) is 118 cm³/mol. The third-order valence-electron chi connectivity index (χ3n) is 5.36. The van der Waals surface area contributed by atoms with E-state index in [4.69, 9.17) is 4.74 Å². The van der Waals surface area contributed by atoms with Gasteiger partial charge in [-0.25, -0.2) is 13.4 Å². The Labute approximate surface area is 181 Å². The van der Waals surface area contributed by atoms with Crippen LogP contribution in [0.25, 0.3) is 0 Å². The fraction of sp³-hybridized carbons (Fsp3) is 0.273. The monoisotopic (exact) mass is 440 g/mol. The number of anilines is 1. The number of sulfonamides is 1. The number of methoxy groups -OCH3 is 1. The molecule has 3 aromatic rings. The molecule has 1 aliphatic rings. The van der Waals surface area contributed by atoms with Crippen LogP contribution < -0.4 is 14.4 Å². The van der Waals surface area contributed by atoms with Gasteiger partial charge in [-0.2, -0.15) is 0 Å². The van der Waals surface area contributed by atoms with Crippen LogP contribution in [0.5, 0.6) is 5.75 Å². The number of aromatic nitrogens is 2. The second-order valence-electron chi connectivity index (χ2n) is 7.33. The van der Waals surface area contributed by atoms with Gasteiger partial charge in [0.15, 0.2) is 0 Å². The number of hydrogen-bond acceptors (Lipinski definition) is 5. The van der Waals surface area contributed by atoms with Crippen molar-refractivity contribution in [2.24, 2.45) is 7.05 Å². The maximum absolute atomic E-state index is 13.1. The van der Waals surface area contributed by atoms with Crippen molar-refractivity contribution >= 4 is 21.6 Å². The molecule has 0 unspecified atom stereocenters. The predicted octanol–water partition coefficient (Wildman–Crippen LogP) is 2.49. The van der Waals surface area contributed by atoms with Crippen LogP contribution in [0.1, 0.15) is 34.2 Å². The summed E-state index contributed by atoms with van der Waals surface area (Å²) in [7, 11) is 0.185. The summed E-state index contributed by atoms with van der Waals surface area (Å²) in [6.45, 7) is 0.461. The topological polar surface area (TPSA) is 93.5 Å². The molecular weight excluding hydrogens is 416 g/mol. The quantitative estimate of drug-likeness (QED) is 0.636. The number of imidazole rings is 1. The molecule has 1 amide bonds. The molecule has 4 rings (SSSR count). The summed E-state index contributed by atoms with van der Waals surface area (Å²) in [5.41, 5.74) is 1.78. The highest BCUT2D eigenvalue weighted by Crippen LogP contribution is 2.30. The standard InChI is InChI=1S/C22H24N4O4S/c1-25-14-12-23-21(25)20(18-6-3-4-7-19(18)30-2)24-22(27)16-8-10-17(11-9-16)26-13-5-15-31(26,28)29/h3-4,6-12,14,20H,5,13,15H2,1-2H3,(H,24,27)/t20-/m0/s1. The van der Waals surface area contributed by atoms with Crippen molar-refractivity contribution in [1.82, 2.24) is 14.9 Å². The Morgan fingerprint density at radius 1 is 1.16 bits per heavy atom. The van der Waals surface area contributed by atoms with Gasteiger partial charge >= 0.3 is 0 Å². The van der Waals surface area contributed by atoms with Crippen LogP contribution in [0.2, 0.25) is 0 Å². The number of para-hydroxylation sites is 1. The Bertz CT molecular complexity index is 1190. The van der Waals surface area contributed by atoms with Crippen LogP contribution in [-0.4, -0.2) is 43.3 Å². The van der Waals surface area contributed by atoms with Crippen molar-refractivity contribution in [3.8, 4) is 5.75 Å². The summed E-state index contributed by atoms with van der Waals surface area (Å²) in [4.78, 5) is 17.5. The van der Waals surface area contributed by atoms with Gasteiger partial charge in [0.05, 0.1) is 18.6 Å². The number of benzene rings is 2. The molecule has 2 heterocycles. The Morgan fingerprint density at radius 3 is 2.52 bits per heavy atom. The molecule has 8 nitrogen and oxygen atoms in total. The largest absolute Gasteiger partial charge is 0.496 e. The number of carbonyl (C=O) groups excluding carboxylic acids is 1. The van der Waals surface area contributed by atoms with Crippen molar-refractivity contribution in [3.05, 3.63) is 77.9 Å². The van der Waals surface area contributed by atoms with Crippen LogP contribution in [0.3, 0.4) is 0 Å². The zero-order valence-electron chi connectivity index (χ0n) is 17.4. The average Bonchev–Trinajstić information content (AvgIpc) is 3.36. The number of amides is 1. The van der Waals surface area contributed by atoms with E-state index in [0.717, 1.165) is 5.56 Å². The highest BCUT2D eigenvalue weighted by molar-refractivity contribution is 7.93. The molecule has 0 bridgehead atoms. The summed E-state index contributed by atoms with van der Waals surface area (Å²) < 4.78 is 33.0. The summed E-state index contributed by atoms with van der Waals surface area (Å²) in [5, 5.41) is 3.04. The Balaban J connectivity index is 1.62. The highest BCUT2D eigenvalue weighted by Gasteiger charge is 2.29. The molecule has 31 heavy (non-hydrogen) atoms. The first-order valence-corrected chi connectivity index (χ1v) is 11.5. The fourth-order valence-electron chi connectivity index (χ4n) is 3.76. The second kappa shape index (κ2) is 8.43. The lowest BCUT2D eigenvalue weighted by Gasteiger charge is -2.21. The molecule has 0 saturated carbocycles. The number of ether oxygens (including phenoxy) is 1. The number of nitrogens with one attached hydrogen (secondary N) is 1. The normalized spacial score (nSPS) is 16.1. The van der Waals surface area contributed by atoms with Gasteiger partial charge in [0.1, 0.15) is 17.6 Å².